The van der Waals surface area contributed by atoms with Gasteiger partial charge in [0.05, 0.1) is 26.8 Å². The molecule has 4 rings (SSSR count). The van der Waals surface area contributed by atoms with Crippen LogP contribution in [0.25, 0.3) is 26.8 Å². The summed E-state index contributed by atoms with van der Waals surface area (Å²) in [5.41, 5.74) is 2.06. The fourth-order valence-corrected chi connectivity index (χ4v) is 3.68. The summed E-state index contributed by atoms with van der Waals surface area (Å²) in [6.07, 6.45) is 1.59. The number of thiophene rings is 1. The van der Waals surface area contributed by atoms with Gasteiger partial charge >= 0.3 is 0 Å². The minimum Gasteiger partial charge on any atom is -0.289 e. The molecule has 0 aliphatic carbocycles. The molecular formula is C14H7Cl2N3OS. The number of aromatic nitrogens is 3. The Bertz CT molecular complexity index is 1030. The van der Waals surface area contributed by atoms with E-state index in [9.17, 15) is 4.79 Å². The molecule has 4 nitrogen and oxygen atoms in total. The summed E-state index contributed by atoms with van der Waals surface area (Å²) in [6, 6.07) is 6.91. The number of rotatable bonds is 1. The number of pyridine rings is 1. The average molecular weight is 336 g/mol. The molecule has 0 saturated carbocycles. The molecule has 0 atom stereocenters. The van der Waals surface area contributed by atoms with Crippen LogP contribution in [0.5, 0.6) is 0 Å². The lowest BCUT2D eigenvalue weighted by atomic mass is 10.3. The molecule has 7 heteroatoms. The smallest absolute Gasteiger partial charge is 0.280 e. The van der Waals surface area contributed by atoms with Crippen LogP contribution in [0.3, 0.4) is 0 Å². The highest BCUT2D eigenvalue weighted by atomic mass is 35.5. The molecular weight excluding hydrogens is 329 g/mol. The summed E-state index contributed by atoms with van der Waals surface area (Å²) in [7, 11) is 0. The van der Waals surface area contributed by atoms with Crippen molar-refractivity contribution >= 4 is 55.7 Å². The molecule has 0 fully saturated rings. The first-order valence-corrected chi connectivity index (χ1v) is 7.70. The van der Waals surface area contributed by atoms with E-state index in [4.69, 9.17) is 23.2 Å². The number of benzene rings is 1. The third-order valence-electron chi connectivity index (χ3n) is 3.24. The molecule has 3 aromatic heterocycles. The molecule has 0 radical (unpaired) electrons. The second-order valence-electron chi connectivity index (χ2n) is 4.56. The molecule has 0 unspecified atom stereocenters. The Morgan fingerprint density at radius 2 is 1.95 bits per heavy atom. The molecule has 0 aliphatic heterocycles. The SMILES string of the molecule is O=c1c2cnc3ccsc3c2[nH]n1-c1cc(Cl)cc(Cl)c1. The van der Waals surface area contributed by atoms with Gasteiger partial charge in [0.2, 0.25) is 0 Å². The highest BCUT2D eigenvalue weighted by molar-refractivity contribution is 7.18. The average Bonchev–Trinajstić information content (AvgIpc) is 3.02. The zero-order chi connectivity index (χ0) is 14.6. The number of aromatic amines is 1. The van der Waals surface area contributed by atoms with Crippen molar-refractivity contribution in [2.45, 2.75) is 0 Å². The predicted molar refractivity (Wildman–Crippen MR) is 87.1 cm³/mol. The highest BCUT2D eigenvalue weighted by Gasteiger charge is 2.13. The van der Waals surface area contributed by atoms with E-state index in [0.717, 1.165) is 15.7 Å². The first-order chi connectivity index (χ1) is 10.1. The van der Waals surface area contributed by atoms with E-state index in [2.05, 4.69) is 10.1 Å². The highest BCUT2D eigenvalue weighted by Crippen LogP contribution is 2.26. The van der Waals surface area contributed by atoms with Crippen LogP contribution in [0.2, 0.25) is 10.0 Å². The largest absolute Gasteiger partial charge is 0.289 e. The minimum absolute atomic E-state index is 0.175. The van der Waals surface area contributed by atoms with Gasteiger partial charge in [-0.25, -0.2) is 4.68 Å². The second-order valence-corrected chi connectivity index (χ2v) is 6.35. The minimum atomic E-state index is -0.175. The van der Waals surface area contributed by atoms with Gasteiger partial charge in [0.15, 0.2) is 0 Å². The number of fused-ring (bicyclic) bond motifs is 3. The molecule has 1 N–H and O–H groups in total. The van der Waals surface area contributed by atoms with Gasteiger partial charge in [-0.05, 0) is 29.6 Å². The maximum atomic E-state index is 12.5. The van der Waals surface area contributed by atoms with E-state index >= 15 is 0 Å². The Balaban J connectivity index is 2.09. The number of halogens is 2. The summed E-state index contributed by atoms with van der Waals surface area (Å²) in [5, 5.41) is 6.56. The zero-order valence-corrected chi connectivity index (χ0v) is 12.8. The van der Waals surface area contributed by atoms with Gasteiger partial charge in [0.25, 0.3) is 5.56 Å². The molecule has 0 bridgehead atoms. The molecule has 0 amide bonds. The number of nitrogens with one attached hydrogen (secondary N) is 1. The molecule has 104 valence electrons. The quantitative estimate of drug-likeness (QED) is 0.565. The van der Waals surface area contributed by atoms with Crippen LogP contribution in [-0.2, 0) is 0 Å². The van der Waals surface area contributed by atoms with Crippen molar-refractivity contribution in [2.24, 2.45) is 0 Å². The van der Waals surface area contributed by atoms with E-state index in [1.165, 1.54) is 4.68 Å². The van der Waals surface area contributed by atoms with E-state index in [-0.39, 0.29) is 5.56 Å². The van der Waals surface area contributed by atoms with Crippen LogP contribution in [0, 0.1) is 0 Å². The molecule has 0 aliphatic rings. The van der Waals surface area contributed by atoms with Gasteiger partial charge in [-0.2, -0.15) is 0 Å². The van der Waals surface area contributed by atoms with Gasteiger partial charge in [0, 0.05) is 16.2 Å². The molecule has 3 heterocycles. The van der Waals surface area contributed by atoms with Crippen LogP contribution in [-0.4, -0.2) is 14.8 Å². The zero-order valence-electron chi connectivity index (χ0n) is 10.4. The maximum Gasteiger partial charge on any atom is 0.280 e. The topological polar surface area (TPSA) is 50.7 Å². The van der Waals surface area contributed by atoms with Crippen LogP contribution < -0.4 is 5.56 Å². The van der Waals surface area contributed by atoms with Gasteiger partial charge in [0.1, 0.15) is 0 Å². The Morgan fingerprint density at radius 1 is 1.19 bits per heavy atom. The van der Waals surface area contributed by atoms with Crippen molar-refractivity contribution < 1.29 is 0 Å². The lowest BCUT2D eigenvalue weighted by Crippen LogP contribution is -2.14. The van der Waals surface area contributed by atoms with E-state index < -0.39 is 0 Å². The summed E-state index contributed by atoms with van der Waals surface area (Å²) in [4.78, 5) is 16.8. The van der Waals surface area contributed by atoms with Gasteiger partial charge in [-0.3, -0.25) is 14.9 Å². The Hall–Kier alpha value is -1.82. The molecule has 0 spiro atoms. The molecule has 4 aromatic rings. The Morgan fingerprint density at radius 3 is 2.71 bits per heavy atom. The predicted octanol–water partition coefficient (Wildman–Crippen LogP) is 4.24. The summed E-state index contributed by atoms with van der Waals surface area (Å²) in [5.74, 6) is 0. The standard InChI is InChI=1S/C14H7Cl2N3OS/c15-7-3-8(16)5-9(4-7)19-14(20)10-6-17-11-1-2-21-13(11)12(10)18-19/h1-6,18H. The number of nitrogens with zero attached hydrogens (tertiary/aromatic N) is 2. The van der Waals surface area contributed by atoms with E-state index in [1.807, 2.05) is 11.4 Å². The fraction of sp³-hybridized carbons (Fsp3) is 0. The maximum absolute atomic E-state index is 12.5. The lowest BCUT2D eigenvalue weighted by molar-refractivity contribution is 0.865. The van der Waals surface area contributed by atoms with Gasteiger partial charge < -0.3 is 0 Å². The van der Waals surface area contributed by atoms with Crippen LogP contribution in [0.4, 0.5) is 0 Å². The lowest BCUT2D eigenvalue weighted by Gasteiger charge is -2.02. The van der Waals surface area contributed by atoms with E-state index in [1.54, 1.807) is 35.7 Å². The summed E-state index contributed by atoms with van der Waals surface area (Å²) < 4.78 is 2.39. The van der Waals surface area contributed by atoms with Crippen LogP contribution in [0.1, 0.15) is 0 Å². The first-order valence-electron chi connectivity index (χ1n) is 6.07. The van der Waals surface area contributed by atoms with Gasteiger partial charge in [-0.15, -0.1) is 11.3 Å². The number of hydrogen-bond acceptors (Lipinski definition) is 3. The van der Waals surface area contributed by atoms with E-state index in [0.29, 0.717) is 21.1 Å². The molecule has 21 heavy (non-hydrogen) atoms. The third kappa shape index (κ3) is 1.97. The summed E-state index contributed by atoms with van der Waals surface area (Å²) >= 11 is 13.6. The second kappa shape index (κ2) is 4.59. The van der Waals surface area contributed by atoms with Crippen molar-refractivity contribution in [3.05, 3.63) is 56.2 Å². The van der Waals surface area contributed by atoms with Crippen molar-refractivity contribution in [1.82, 2.24) is 14.8 Å². The Labute approximate surface area is 132 Å². The molecule has 1 aromatic carbocycles. The van der Waals surface area contributed by atoms with Gasteiger partial charge in [-0.1, -0.05) is 23.2 Å². The van der Waals surface area contributed by atoms with Crippen molar-refractivity contribution in [1.29, 1.82) is 0 Å². The van der Waals surface area contributed by atoms with Crippen LogP contribution >= 0.6 is 34.5 Å². The van der Waals surface area contributed by atoms with Crippen molar-refractivity contribution in [3.8, 4) is 5.69 Å². The summed E-state index contributed by atoms with van der Waals surface area (Å²) in [6.45, 7) is 0. The van der Waals surface area contributed by atoms with Crippen LogP contribution in [0.15, 0.2) is 40.6 Å². The fourth-order valence-electron chi connectivity index (χ4n) is 2.32. The normalized spacial score (nSPS) is 11.5. The third-order valence-corrected chi connectivity index (χ3v) is 4.59. The number of hydrogen-bond donors (Lipinski definition) is 1. The first kappa shape index (κ1) is 12.9. The van der Waals surface area contributed by atoms with Crippen molar-refractivity contribution in [2.75, 3.05) is 0 Å². The van der Waals surface area contributed by atoms with Crippen molar-refractivity contribution in [3.63, 3.8) is 0 Å². The molecule has 0 saturated heterocycles. The Kier molecular flexibility index (Phi) is 2.82. The monoisotopic (exact) mass is 335 g/mol. The number of H-pyrrole nitrogens is 1.